The Bertz CT molecular complexity index is 558. The zero-order valence-corrected chi connectivity index (χ0v) is 13.3. The predicted octanol–water partition coefficient (Wildman–Crippen LogP) is 2.95. The summed E-state index contributed by atoms with van der Waals surface area (Å²) in [6.07, 6.45) is 3.71. The second-order valence-corrected chi connectivity index (χ2v) is 5.40. The number of hydrogen-bond acceptors (Lipinski definition) is 4. The molecule has 4 nitrogen and oxygen atoms in total. The van der Waals surface area contributed by atoms with Crippen molar-refractivity contribution in [1.82, 2.24) is 15.3 Å². The summed E-state index contributed by atoms with van der Waals surface area (Å²) < 4.78 is 6.05. The van der Waals surface area contributed by atoms with Crippen LogP contribution in [-0.2, 0) is 11.3 Å². The molecule has 0 fully saturated rings. The minimum absolute atomic E-state index is 0.705. The van der Waals surface area contributed by atoms with E-state index in [1.807, 2.05) is 24.5 Å². The number of benzene rings is 1. The van der Waals surface area contributed by atoms with Gasteiger partial charge in [0, 0.05) is 48.2 Å². The first-order valence-corrected chi connectivity index (χ1v) is 7.27. The van der Waals surface area contributed by atoms with E-state index < -0.39 is 0 Å². The van der Waals surface area contributed by atoms with Crippen LogP contribution < -0.4 is 5.32 Å². The molecule has 2 rings (SSSR count). The highest BCUT2D eigenvalue weighted by molar-refractivity contribution is 9.10. The van der Waals surface area contributed by atoms with Crippen LogP contribution in [0.1, 0.15) is 11.1 Å². The molecular formula is C15H18BrN3O. The van der Waals surface area contributed by atoms with Crippen molar-refractivity contribution in [2.75, 3.05) is 20.3 Å². The molecule has 1 N–H and O–H groups in total. The Morgan fingerprint density at radius 3 is 2.65 bits per heavy atom. The second-order valence-electron chi connectivity index (χ2n) is 4.55. The van der Waals surface area contributed by atoms with E-state index in [0.29, 0.717) is 6.61 Å². The van der Waals surface area contributed by atoms with Crippen molar-refractivity contribution in [2.24, 2.45) is 0 Å². The van der Waals surface area contributed by atoms with Gasteiger partial charge in [-0.05, 0) is 18.6 Å². The molecule has 0 saturated heterocycles. The molecule has 0 unspecified atom stereocenters. The van der Waals surface area contributed by atoms with E-state index in [0.717, 1.165) is 34.5 Å². The number of hydrogen-bond donors (Lipinski definition) is 1. The quantitative estimate of drug-likeness (QED) is 0.824. The van der Waals surface area contributed by atoms with Crippen LogP contribution in [0.25, 0.3) is 11.4 Å². The molecule has 1 aromatic carbocycles. The third-order valence-corrected chi connectivity index (χ3v) is 3.80. The third-order valence-electron chi connectivity index (χ3n) is 2.95. The highest BCUT2D eigenvalue weighted by atomic mass is 79.9. The van der Waals surface area contributed by atoms with Gasteiger partial charge >= 0.3 is 0 Å². The molecule has 0 amide bonds. The summed E-state index contributed by atoms with van der Waals surface area (Å²) in [7, 11) is 1.69. The van der Waals surface area contributed by atoms with Gasteiger partial charge in [0.1, 0.15) is 0 Å². The molecule has 0 aliphatic rings. The Morgan fingerprint density at radius 2 is 2.00 bits per heavy atom. The van der Waals surface area contributed by atoms with E-state index in [2.05, 4.69) is 44.2 Å². The van der Waals surface area contributed by atoms with Gasteiger partial charge in [-0.1, -0.05) is 28.1 Å². The Morgan fingerprint density at radius 1 is 1.25 bits per heavy atom. The van der Waals surface area contributed by atoms with E-state index in [-0.39, 0.29) is 0 Å². The van der Waals surface area contributed by atoms with Crippen LogP contribution in [0, 0.1) is 6.92 Å². The smallest absolute Gasteiger partial charge is 0.159 e. The van der Waals surface area contributed by atoms with Crippen molar-refractivity contribution in [3.8, 4) is 11.4 Å². The first kappa shape index (κ1) is 15.1. The van der Waals surface area contributed by atoms with Crippen LogP contribution in [0.4, 0.5) is 0 Å². The van der Waals surface area contributed by atoms with Crippen LogP contribution in [0.15, 0.2) is 35.1 Å². The zero-order valence-electron chi connectivity index (χ0n) is 11.7. The van der Waals surface area contributed by atoms with Gasteiger partial charge in [-0.3, -0.25) is 0 Å². The number of halogens is 1. The molecule has 0 aliphatic heterocycles. The van der Waals surface area contributed by atoms with E-state index >= 15 is 0 Å². The number of nitrogens with zero attached hydrogens (tertiary/aromatic N) is 2. The molecule has 0 aliphatic carbocycles. The van der Waals surface area contributed by atoms with Crippen molar-refractivity contribution in [2.45, 2.75) is 13.5 Å². The summed E-state index contributed by atoms with van der Waals surface area (Å²) in [6.45, 7) is 4.34. The lowest BCUT2D eigenvalue weighted by Crippen LogP contribution is -2.18. The molecular weight excluding hydrogens is 318 g/mol. The van der Waals surface area contributed by atoms with Gasteiger partial charge < -0.3 is 10.1 Å². The molecule has 0 radical (unpaired) electrons. The second kappa shape index (κ2) is 7.47. The number of aromatic nitrogens is 2. The lowest BCUT2D eigenvalue weighted by molar-refractivity contribution is 0.199. The van der Waals surface area contributed by atoms with Gasteiger partial charge in [0.15, 0.2) is 5.82 Å². The van der Waals surface area contributed by atoms with Crippen LogP contribution in [0.5, 0.6) is 0 Å². The maximum Gasteiger partial charge on any atom is 0.159 e. The Kier molecular flexibility index (Phi) is 5.64. The lowest BCUT2D eigenvalue weighted by Gasteiger charge is -2.06. The zero-order chi connectivity index (χ0) is 14.4. The maximum atomic E-state index is 4.98. The molecule has 1 heterocycles. The Balaban J connectivity index is 2.02. The first-order valence-electron chi connectivity index (χ1n) is 6.48. The molecule has 106 valence electrons. The van der Waals surface area contributed by atoms with Crippen LogP contribution in [0.2, 0.25) is 0 Å². The van der Waals surface area contributed by atoms with Gasteiger partial charge in [0.05, 0.1) is 6.61 Å². The molecule has 20 heavy (non-hydrogen) atoms. The molecule has 0 bridgehead atoms. The van der Waals surface area contributed by atoms with Crippen molar-refractivity contribution >= 4 is 15.9 Å². The van der Waals surface area contributed by atoms with Crippen molar-refractivity contribution in [3.05, 3.63) is 46.2 Å². The first-order chi connectivity index (χ1) is 9.70. The summed E-state index contributed by atoms with van der Waals surface area (Å²) in [5.74, 6) is 0.742. The lowest BCUT2D eigenvalue weighted by atomic mass is 10.1. The molecule has 5 heteroatoms. The molecule has 0 atom stereocenters. The Hall–Kier alpha value is -1.30. The van der Waals surface area contributed by atoms with Gasteiger partial charge in [0.25, 0.3) is 0 Å². The number of methoxy groups -OCH3 is 1. The van der Waals surface area contributed by atoms with Gasteiger partial charge in [-0.15, -0.1) is 0 Å². The van der Waals surface area contributed by atoms with E-state index in [9.17, 15) is 0 Å². The largest absolute Gasteiger partial charge is 0.383 e. The fourth-order valence-electron chi connectivity index (χ4n) is 1.73. The van der Waals surface area contributed by atoms with Crippen molar-refractivity contribution in [3.63, 3.8) is 0 Å². The summed E-state index contributed by atoms with van der Waals surface area (Å²) in [4.78, 5) is 8.83. The topological polar surface area (TPSA) is 47.0 Å². The van der Waals surface area contributed by atoms with Crippen LogP contribution >= 0.6 is 15.9 Å². The predicted molar refractivity (Wildman–Crippen MR) is 83.5 cm³/mol. The number of ether oxygens (including phenoxy) is 1. The van der Waals surface area contributed by atoms with Crippen LogP contribution in [-0.4, -0.2) is 30.2 Å². The number of aryl methyl sites for hydroxylation is 1. The van der Waals surface area contributed by atoms with E-state index in [1.54, 1.807) is 7.11 Å². The highest BCUT2D eigenvalue weighted by Gasteiger charge is 2.03. The highest BCUT2D eigenvalue weighted by Crippen LogP contribution is 2.22. The van der Waals surface area contributed by atoms with E-state index in [4.69, 9.17) is 4.74 Å². The fourth-order valence-corrected chi connectivity index (χ4v) is 2.11. The maximum absolute atomic E-state index is 4.98. The summed E-state index contributed by atoms with van der Waals surface area (Å²) in [5, 5.41) is 3.27. The number of nitrogens with one attached hydrogen (secondary N) is 1. The average molecular weight is 336 g/mol. The number of rotatable bonds is 6. The summed E-state index contributed by atoms with van der Waals surface area (Å²) in [6, 6.07) is 6.14. The SMILES string of the molecule is COCCNCc1cnc(-c2ccc(C)c(Br)c2)nc1. The summed E-state index contributed by atoms with van der Waals surface area (Å²) in [5.41, 5.74) is 3.28. The minimum atomic E-state index is 0.705. The standard InChI is InChI=1S/C15H18BrN3O/c1-11-3-4-13(7-14(11)16)15-18-9-12(10-19-15)8-17-5-6-20-2/h3-4,7,9-10,17H,5-6,8H2,1-2H3. The monoisotopic (exact) mass is 335 g/mol. The summed E-state index contributed by atoms with van der Waals surface area (Å²) >= 11 is 3.53. The van der Waals surface area contributed by atoms with E-state index in [1.165, 1.54) is 5.56 Å². The normalized spacial score (nSPS) is 10.8. The fraction of sp³-hybridized carbons (Fsp3) is 0.333. The molecule has 1 aromatic heterocycles. The Labute approximate surface area is 127 Å². The van der Waals surface area contributed by atoms with Gasteiger partial charge in [-0.2, -0.15) is 0 Å². The minimum Gasteiger partial charge on any atom is -0.383 e. The molecule has 0 saturated carbocycles. The third kappa shape index (κ3) is 4.10. The van der Waals surface area contributed by atoms with Crippen molar-refractivity contribution < 1.29 is 4.74 Å². The van der Waals surface area contributed by atoms with Gasteiger partial charge in [0.2, 0.25) is 0 Å². The van der Waals surface area contributed by atoms with Crippen LogP contribution in [0.3, 0.4) is 0 Å². The molecule has 2 aromatic rings. The molecule has 0 spiro atoms. The van der Waals surface area contributed by atoms with Gasteiger partial charge in [-0.25, -0.2) is 9.97 Å². The average Bonchev–Trinajstić information content (AvgIpc) is 2.47. The van der Waals surface area contributed by atoms with Crippen molar-refractivity contribution in [1.29, 1.82) is 0 Å².